The van der Waals surface area contributed by atoms with Crippen molar-refractivity contribution in [3.05, 3.63) is 46.1 Å². The fourth-order valence-electron chi connectivity index (χ4n) is 1.72. The van der Waals surface area contributed by atoms with E-state index >= 15 is 0 Å². The van der Waals surface area contributed by atoms with Gasteiger partial charge in [-0.3, -0.25) is 0 Å². The van der Waals surface area contributed by atoms with Gasteiger partial charge in [-0.05, 0) is 53.2 Å². The summed E-state index contributed by atoms with van der Waals surface area (Å²) in [6.07, 6.45) is 1.03. The largest absolute Gasteiger partial charge is 0.460 e. The van der Waals surface area contributed by atoms with Crippen molar-refractivity contribution in [2.24, 2.45) is 0 Å². The molecular formula is C14H14BrF2NO. The molecule has 0 saturated heterocycles. The van der Waals surface area contributed by atoms with Crippen molar-refractivity contribution < 1.29 is 13.2 Å². The molecule has 0 amide bonds. The number of hydrogen-bond acceptors (Lipinski definition) is 2. The molecule has 0 saturated carbocycles. The normalized spacial score (nSPS) is 10.9. The lowest BCUT2D eigenvalue weighted by Gasteiger charge is -2.02. The summed E-state index contributed by atoms with van der Waals surface area (Å²) in [6.45, 7) is 3.53. The van der Waals surface area contributed by atoms with Crippen LogP contribution in [-0.2, 0) is 6.54 Å². The second-order valence-corrected chi connectivity index (χ2v) is 5.04. The number of nitrogens with one attached hydrogen (secondary N) is 1. The minimum absolute atomic E-state index is 0.102. The van der Waals surface area contributed by atoms with Crippen molar-refractivity contribution >= 4 is 15.9 Å². The molecule has 102 valence electrons. The number of halogens is 3. The highest BCUT2D eigenvalue weighted by Gasteiger charge is 2.13. The van der Waals surface area contributed by atoms with Crippen LogP contribution in [0.3, 0.4) is 0 Å². The lowest BCUT2D eigenvalue weighted by molar-refractivity contribution is 0.489. The van der Waals surface area contributed by atoms with Gasteiger partial charge in [0.25, 0.3) is 0 Å². The monoisotopic (exact) mass is 329 g/mol. The van der Waals surface area contributed by atoms with Gasteiger partial charge in [0.1, 0.15) is 23.2 Å². The second kappa shape index (κ2) is 6.30. The Morgan fingerprint density at radius 3 is 2.74 bits per heavy atom. The molecule has 2 aromatic rings. The van der Waals surface area contributed by atoms with Crippen molar-refractivity contribution in [2.45, 2.75) is 19.9 Å². The Hall–Kier alpha value is -1.20. The average Bonchev–Trinajstić information content (AvgIpc) is 2.83. The van der Waals surface area contributed by atoms with Crippen molar-refractivity contribution in [3.63, 3.8) is 0 Å². The Labute approximate surface area is 118 Å². The van der Waals surface area contributed by atoms with Crippen LogP contribution in [0, 0.1) is 11.6 Å². The summed E-state index contributed by atoms with van der Waals surface area (Å²) in [7, 11) is 0. The van der Waals surface area contributed by atoms with E-state index in [4.69, 9.17) is 4.42 Å². The fraction of sp³-hybridized carbons (Fsp3) is 0.286. The first-order valence-electron chi connectivity index (χ1n) is 6.06. The van der Waals surface area contributed by atoms with E-state index in [9.17, 15) is 8.78 Å². The van der Waals surface area contributed by atoms with Crippen LogP contribution in [-0.4, -0.2) is 6.54 Å². The van der Waals surface area contributed by atoms with Gasteiger partial charge >= 0.3 is 0 Å². The summed E-state index contributed by atoms with van der Waals surface area (Å²) >= 11 is 2.94. The molecule has 0 radical (unpaired) electrons. The second-order valence-electron chi connectivity index (χ2n) is 4.19. The van der Waals surface area contributed by atoms with Crippen LogP contribution in [0.25, 0.3) is 11.3 Å². The molecule has 1 aromatic carbocycles. The summed E-state index contributed by atoms with van der Waals surface area (Å²) < 4.78 is 32.8. The first-order valence-corrected chi connectivity index (χ1v) is 6.85. The predicted molar refractivity (Wildman–Crippen MR) is 73.8 cm³/mol. The summed E-state index contributed by atoms with van der Waals surface area (Å²) in [5.41, 5.74) is 0.127. The van der Waals surface area contributed by atoms with E-state index in [1.54, 1.807) is 12.1 Å². The molecule has 0 fully saturated rings. The Bertz CT molecular complexity index is 569. The maximum Gasteiger partial charge on any atom is 0.138 e. The predicted octanol–water partition coefficient (Wildman–Crippen LogP) is 4.49. The molecule has 0 spiro atoms. The van der Waals surface area contributed by atoms with E-state index < -0.39 is 11.6 Å². The zero-order valence-corrected chi connectivity index (χ0v) is 12.1. The van der Waals surface area contributed by atoms with Gasteiger partial charge in [0.05, 0.1) is 16.6 Å². The molecule has 2 rings (SSSR count). The Balaban J connectivity index is 2.20. The van der Waals surface area contributed by atoms with Crippen LogP contribution in [0.4, 0.5) is 8.78 Å². The maximum absolute atomic E-state index is 13.8. The highest BCUT2D eigenvalue weighted by molar-refractivity contribution is 9.10. The summed E-state index contributed by atoms with van der Waals surface area (Å²) in [4.78, 5) is 0. The quantitative estimate of drug-likeness (QED) is 0.646. The van der Waals surface area contributed by atoms with Gasteiger partial charge in [-0.25, -0.2) is 8.78 Å². The third-order valence-corrected chi connectivity index (χ3v) is 3.27. The molecular weight excluding hydrogens is 316 g/mol. The summed E-state index contributed by atoms with van der Waals surface area (Å²) in [5, 5.41) is 3.18. The van der Waals surface area contributed by atoms with E-state index in [1.165, 1.54) is 0 Å². The van der Waals surface area contributed by atoms with Gasteiger partial charge in [-0.2, -0.15) is 0 Å². The van der Waals surface area contributed by atoms with Crippen molar-refractivity contribution in [3.8, 4) is 11.3 Å². The summed E-state index contributed by atoms with van der Waals surface area (Å²) in [5.74, 6) is -0.00229. The van der Waals surface area contributed by atoms with Crippen LogP contribution in [0.2, 0.25) is 0 Å². The minimum atomic E-state index is -0.518. The van der Waals surface area contributed by atoms with Gasteiger partial charge in [-0.1, -0.05) is 6.92 Å². The molecule has 0 unspecified atom stereocenters. The number of rotatable bonds is 5. The first kappa shape index (κ1) is 14.2. The molecule has 1 heterocycles. The molecule has 1 N–H and O–H groups in total. The first-order chi connectivity index (χ1) is 9.11. The van der Waals surface area contributed by atoms with Crippen LogP contribution in [0.1, 0.15) is 19.1 Å². The topological polar surface area (TPSA) is 25.2 Å². The van der Waals surface area contributed by atoms with E-state index in [0.29, 0.717) is 18.1 Å². The van der Waals surface area contributed by atoms with Crippen LogP contribution >= 0.6 is 15.9 Å². The van der Waals surface area contributed by atoms with E-state index in [-0.39, 0.29) is 10.0 Å². The fourth-order valence-corrected chi connectivity index (χ4v) is 2.03. The van der Waals surface area contributed by atoms with Crippen molar-refractivity contribution in [1.29, 1.82) is 0 Å². The van der Waals surface area contributed by atoms with Gasteiger partial charge < -0.3 is 9.73 Å². The number of hydrogen-bond donors (Lipinski definition) is 1. The summed E-state index contributed by atoms with van der Waals surface area (Å²) in [6, 6.07) is 5.63. The van der Waals surface area contributed by atoms with E-state index in [0.717, 1.165) is 25.1 Å². The Kier molecular flexibility index (Phi) is 4.71. The highest BCUT2D eigenvalue weighted by atomic mass is 79.9. The van der Waals surface area contributed by atoms with E-state index in [1.807, 2.05) is 0 Å². The van der Waals surface area contributed by atoms with Crippen LogP contribution in [0.5, 0.6) is 0 Å². The number of furan rings is 1. The Morgan fingerprint density at radius 2 is 2.00 bits per heavy atom. The number of benzene rings is 1. The lowest BCUT2D eigenvalue weighted by Crippen LogP contribution is -2.12. The van der Waals surface area contributed by atoms with Gasteiger partial charge in [-0.15, -0.1) is 0 Å². The van der Waals surface area contributed by atoms with Crippen LogP contribution < -0.4 is 5.32 Å². The third-order valence-electron chi connectivity index (χ3n) is 2.66. The van der Waals surface area contributed by atoms with Gasteiger partial charge in [0.15, 0.2) is 0 Å². The molecule has 1 aromatic heterocycles. The molecule has 5 heteroatoms. The molecule has 0 bridgehead atoms. The standard InChI is InChI=1S/C14H14BrF2NO/c1-2-5-18-8-9-3-4-14(19-9)10-6-13(17)11(15)7-12(10)16/h3-4,6-7,18H,2,5,8H2,1H3. The molecule has 0 aliphatic heterocycles. The Morgan fingerprint density at radius 1 is 1.21 bits per heavy atom. The smallest absolute Gasteiger partial charge is 0.138 e. The van der Waals surface area contributed by atoms with Crippen molar-refractivity contribution in [1.82, 2.24) is 5.32 Å². The van der Waals surface area contributed by atoms with Crippen molar-refractivity contribution in [2.75, 3.05) is 6.54 Å². The highest BCUT2D eigenvalue weighted by Crippen LogP contribution is 2.29. The zero-order valence-electron chi connectivity index (χ0n) is 10.5. The SMILES string of the molecule is CCCNCc1ccc(-c2cc(F)c(Br)cc2F)o1. The lowest BCUT2D eigenvalue weighted by atomic mass is 10.1. The van der Waals surface area contributed by atoms with Gasteiger partial charge in [0.2, 0.25) is 0 Å². The van der Waals surface area contributed by atoms with Crippen LogP contribution in [0.15, 0.2) is 33.2 Å². The molecule has 0 aliphatic rings. The molecule has 2 nitrogen and oxygen atoms in total. The minimum Gasteiger partial charge on any atom is -0.460 e. The molecule has 0 atom stereocenters. The van der Waals surface area contributed by atoms with E-state index in [2.05, 4.69) is 28.2 Å². The molecule has 0 aliphatic carbocycles. The molecule has 19 heavy (non-hydrogen) atoms. The third kappa shape index (κ3) is 3.42. The average molecular weight is 330 g/mol. The van der Waals surface area contributed by atoms with Gasteiger partial charge in [0, 0.05) is 0 Å². The zero-order chi connectivity index (χ0) is 13.8. The maximum atomic E-state index is 13.8.